The van der Waals surface area contributed by atoms with Gasteiger partial charge in [0, 0.05) is 11.9 Å². The van der Waals surface area contributed by atoms with Crippen LogP contribution in [0, 0.1) is 5.82 Å². The summed E-state index contributed by atoms with van der Waals surface area (Å²) in [6.07, 6.45) is 2.70. The molecule has 1 aromatic carbocycles. The van der Waals surface area contributed by atoms with E-state index in [0.717, 1.165) is 17.7 Å². The normalized spacial score (nSPS) is 13.7. The maximum atomic E-state index is 12.7. The molecule has 15 heavy (non-hydrogen) atoms. The van der Waals surface area contributed by atoms with Crippen molar-refractivity contribution in [3.8, 4) is 0 Å². The van der Waals surface area contributed by atoms with Crippen LogP contribution in [0.5, 0.6) is 0 Å². The molecule has 82 valence electrons. The van der Waals surface area contributed by atoms with Gasteiger partial charge in [-0.15, -0.1) is 0 Å². The van der Waals surface area contributed by atoms with Crippen molar-refractivity contribution in [2.45, 2.75) is 26.3 Å². The van der Waals surface area contributed by atoms with Crippen LogP contribution >= 0.6 is 0 Å². The van der Waals surface area contributed by atoms with E-state index in [-0.39, 0.29) is 11.9 Å². The first-order valence-electron chi connectivity index (χ1n) is 5.07. The van der Waals surface area contributed by atoms with Crippen LogP contribution < -0.4 is 11.1 Å². The van der Waals surface area contributed by atoms with Crippen LogP contribution in [0.2, 0.25) is 0 Å². The van der Waals surface area contributed by atoms with Crippen LogP contribution in [0.1, 0.15) is 31.9 Å². The van der Waals surface area contributed by atoms with E-state index in [2.05, 4.69) is 12.2 Å². The summed E-state index contributed by atoms with van der Waals surface area (Å²) in [7, 11) is 0. The Morgan fingerprint density at radius 2 is 2.07 bits per heavy atom. The standard InChI is InChI=1S/C12H17FN2/c1-3-12(15-8-9(2)14)10-4-6-11(13)7-5-10/h4-8,12,15H,3,14H2,1-2H3/b9-8-. The van der Waals surface area contributed by atoms with E-state index in [4.69, 9.17) is 5.73 Å². The summed E-state index contributed by atoms with van der Waals surface area (Å²) in [5.41, 5.74) is 7.33. The van der Waals surface area contributed by atoms with Gasteiger partial charge in [-0.05, 0) is 31.0 Å². The van der Waals surface area contributed by atoms with Crippen LogP contribution in [0.3, 0.4) is 0 Å². The van der Waals surface area contributed by atoms with Crippen molar-refractivity contribution in [3.63, 3.8) is 0 Å². The van der Waals surface area contributed by atoms with Gasteiger partial charge in [0.1, 0.15) is 5.82 Å². The fourth-order valence-electron chi connectivity index (χ4n) is 1.38. The Labute approximate surface area is 90.0 Å². The molecule has 1 rings (SSSR count). The molecule has 0 amide bonds. The predicted octanol–water partition coefficient (Wildman–Crippen LogP) is 2.69. The molecular formula is C12H17FN2. The van der Waals surface area contributed by atoms with Gasteiger partial charge in [0.2, 0.25) is 0 Å². The molecule has 0 aliphatic carbocycles. The molecule has 1 unspecified atom stereocenters. The summed E-state index contributed by atoms with van der Waals surface area (Å²) in [4.78, 5) is 0. The Hall–Kier alpha value is -1.51. The molecule has 0 radical (unpaired) electrons. The van der Waals surface area contributed by atoms with Crippen LogP contribution in [0.25, 0.3) is 0 Å². The number of benzene rings is 1. The number of hydrogen-bond donors (Lipinski definition) is 2. The zero-order valence-corrected chi connectivity index (χ0v) is 9.13. The molecular weight excluding hydrogens is 191 g/mol. The molecule has 0 saturated heterocycles. The number of nitrogens with two attached hydrogens (primary N) is 1. The Morgan fingerprint density at radius 3 is 2.53 bits per heavy atom. The monoisotopic (exact) mass is 208 g/mol. The lowest BCUT2D eigenvalue weighted by atomic mass is 10.0. The van der Waals surface area contributed by atoms with Crippen molar-refractivity contribution >= 4 is 0 Å². The lowest BCUT2D eigenvalue weighted by molar-refractivity contribution is 0.592. The van der Waals surface area contributed by atoms with E-state index in [0.29, 0.717) is 0 Å². The highest BCUT2D eigenvalue weighted by atomic mass is 19.1. The smallest absolute Gasteiger partial charge is 0.123 e. The van der Waals surface area contributed by atoms with Crippen molar-refractivity contribution in [2.75, 3.05) is 0 Å². The molecule has 1 aromatic rings. The third-order valence-electron chi connectivity index (χ3n) is 2.19. The van der Waals surface area contributed by atoms with Gasteiger partial charge >= 0.3 is 0 Å². The fraction of sp³-hybridized carbons (Fsp3) is 0.333. The Kier molecular flexibility index (Phi) is 4.16. The highest BCUT2D eigenvalue weighted by Crippen LogP contribution is 2.16. The zero-order valence-electron chi connectivity index (χ0n) is 9.13. The van der Waals surface area contributed by atoms with Crippen LogP contribution in [-0.4, -0.2) is 0 Å². The molecule has 0 heterocycles. The second-order valence-corrected chi connectivity index (χ2v) is 3.57. The summed E-state index contributed by atoms with van der Waals surface area (Å²) in [5, 5.41) is 3.20. The number of hydrogen-bond acceptors (Lipinski definition) is 2. The van der Waals surface area contributed by atoms with E-state index < -0.39 is 0 Å². The highest BCUT2D eigenvalue weighted by Gasteiger charge is 2.06. The van der Waals surface area contributed by atoms with Gasteiger partial charge in [-0.3, -0.25) is 0 Å². The molecule has 0 saturated carbocycles. The largest absolute Gasteiger partial charge is 0.401 e. The van der Waals surface area contributed by atoms with Crippen molar-refractivity contribution in [1.29, 1.82) is 0 Å². The first kappa shape index (κ1) is 11.6. The summed E-state index contributed by atoms with van der Waals surface area (Å²) < 4.78 is 12.7. The van der Waals surface area contributed by atoms with Crippen LogP contribution in [0.4, 0.5) is 4.39 Å². The Morgan fingerprint density at radius 1 is 1.47 bits per heavy atom. The minimum atomic E-state index is -0.209. The van der Waals surface area contributed by atoms with E-state index in [1.807, 2.05) is 6.92 Å². The fourth-order valence-corrected chi connectivity index (χ4v) is 1.38. The zero-order chi connectivity index (χ0) is 11.3. The van der Waals surface area contributed by atoms with Crippen LogP contribution in [0.15, 0.2) is 36.2 Å². The first-order chi connectivity index (χ1) is 7.13. The van der Waals surface area contributed by atoms with Gasteiger partial charge < -0.3 is 11.1 Å². The lowest BCUT2D eigenvalue weighted by Crippen LogP contribution is -2.16. The molecule has 2 nitrogen and oxygen atoms in total. The van der Waals surface area contributed by atoms with Gasteiger partial charge in [0.05, 0.1) is 6.04 Å². The summed E-state index contributed by atoms with van der Waals surface area (Å²) in [6, 6.07) is 6.70. The SMILES string of the molecule is CCC(N/C=C(/C)N)c1ccc(F)cc1. The quantitative estimate of drug-likeness (QED) is 0.798. The molecule has 0 bridgehead atoms. The Balaban J connectivity index is 2.74. The van der Waals surface area contributed by atoms with Gasteiger partial charge in [-0.2, -0.15) is 0 Å². The number of halogens is 1. The van der Waals surface area contributed by atoms with Gasteiger partial charge in [0.15, 0.2) is 0 Å². The van der Waals surface area contributed by atoms with Crippen molar-refractivity contribution in [3.05, 3.63) is 47.5 Å². The third kappa shape index (κ3) is 3.62. The molecule has 0 aliphatic rings. The average molecular weight is 208 g/mol. The highest BCUT2D eigenvalue weighted by molar-refractivity contribution is 5.20. The topological polar surface area (TPSA) is 38.0 Å². The maximum absolute atomic E-state index is 12.7. The van der Waals surface area contributed by atoms with Gasteiger partial charge in [-0.1, -0.05) is 19.1 Å². The average Bonchev–Trinajstić information content (AvgIpc) is 2.21. The second-order valence-electron chi connectivity index (χ2n) is 3.57. The minimum absolute atomic E-state index is 0.184. The van der Waals surface area contributed by atoms with E-state index >= 15 is 0 Å². The van der Waals surface area contributed by atoms with Gasteiger partial charge in [-0.25, -0.2) is 4.39 Å². The Bertz CT molecular complexity index is 326. The third-order valence-corrected chi connectivity index (χ3v) is 2.19. The molecule has 3 N–H and O–H groups in total. The number of allylic oxidation sites excluding steroid dienone is 1. The van der Waals surface area contributed by atoms with Gasteiger partial charge in [0.25, 0.3) is 0 Å². The molecule has 0 aliphatic heterocycles. The van der Waals surface area contributed by atoms with Crippen molar-refractivity contribution in [2.24, 2.45) is 5.73 Å². The summed E-state index contributed by atoms with van der Waals surface area (Å²) in [5.74, 6) is -0.209. The van der Waals surface area contributed by atoms with Crippen molar-refractivity contribution in [1.82, 2.24) is 5.32 Å². The van der Waals surface area contributed by atoms with Crippen LogP contribution in [-0.2, 0) is 0 Å². The summed E-state index contributed by atoms with van der Waals surface area (Å²) in [6.45, 7) is 3.89. The molecule has 1 atom stereocenters. The van der Waals surface area contributed by atoms with Crippen molar-refractivity contribution < 1.29 is 4.39 Å². The molecule has 0 aromatic heterocycles. The van der Waals surface area contributed by atoms with E-state index in [1.54, 1.807) is 18.3 Å². The van der Waals surface area contributed by atoms with E-state index in [1.165, 1.54) is 12.1 Å². The predicted molar refractivity (Wildman–Crippen MR) is 60.5 cm³/mol. The first-order valence-corrected chi connectivity index (χ1v) is 5.07. The summed E-state index contributed by atoms with van der Waals surface area (Å²) >= 11 is 0. The minimum Gasteiger partial charge on any atom is -0.401 e. The maximum Gasteiger partial charge on any atom is 0.123 e. The number of rotatable bonds is 4. The second kappa shape index (κ2) is 5.39. The number of nitrogens with one attached hydrogen (secondary N) is 1. The molecule has 3 heteroatoms. The molecule has 0 fully saturated rings. The lowest BCUT2D eigenvalue weighted by Gasteiger charge is -2.16. The molecule has 0 spiro atoms. The van der Waals surface area contributed by atoms with E-state index in [9.17, 15) is 4.39 Å².